The molecule has 1 rings (SSSR count). The van der Waals surface area contributed by atoms with Gasteiger partial charge in [-0.05, 0) is 60.1 Å². The van der Waals surface area contributed by atoms with Crippen LogP contribution in [0.1, 0.15) is 37.4 Å². The Morgan fingerprint density at radius 3 is 1.44 bits per heavy atom. The van der Waals surface area contributed by atoms with E-state index < -0.39 is 11.9 Å². The first-order valence-electron chi connectivity index (χ1n) is 4.54. The van der Waals surface area contributed by atoms with E-state index in [4.69, 9.17) is 10.2 Å². The van der Waals surface area contributed by atoms with E-state index in [-0.39, 0.29) is 11.1 Å². The maximum Gasteiger partial charge on any atom is 0.336 e. The molecule has 0 spiro atoms. The Kier molecular flexibility index (Phi) is 3.57. The maximum absolute atomic E-state index is 11.1. The van der Waals surface area contributed by atoms with E-state index in [0.29, 0.717) is 20.3 Å². The van der Waals surface area contributed by atoms with Crippen LogP contribution in [-0.4, -0.2) is 22.2 Å². The molecule has 0 radical (unpaired) electrons. The fourth-order valence-electron chi connectivity index (χ4n) is 1.83. The molecular weight excluding hydrogens is 323 g/mol. The molecule has 1 aromatic carbocycles. The molecular formula is C11H11IO4. The van der Waals surface area contributed by atoms with Crippen molar-refractivity contribution in [1.82, 2.24) is 0 Å². The third kappa shape index (κ3) is 1.91. The Morgan fingerprint density at radius 2 is 1.19 bits per heavy atom. The van der Waals surface area contributed by atoms with Crippen molar-refractivity contribution in [3.8, 4) is 0 Å². The summed E-state index contributed by atoms with van der Waals surface area (Å²) in [6, 6.07) is 0. The largest absolute Gasteiger partial charge is 0.478 e. The van der Waals surface area contributed by atoms with Gasteiger partial charge in [0.15, 0.2) is 0 Å². The molecule has 1 aromatic rings. The van der Waals surface area contributed by atoms with Gasteiger partial charge < -0.3 is 10.2 Å². The Labute approximate surface area is 106 Å². The number of halogens is 1. The van der Waals surface area contributed by atoms with Crippen LogP contribution in [0.5, 0.6) is 0 Å². The number of carboxylic acids is 2. The van der Waals surface area contributed by atoms with Gasteiger partial charge in [0.25, 0.3) is 0 Å². The lowest BCUT2D eigenvalue weighted by Gasteiger charge is -2.14. The van der Waals surface area contributed by atoms with Crippen LogP contribution in [0, 0.1) is 24.3 Å². The van der Waals surface area contributed by atoms with Crippen LogP contribution in [0.4, 0.5) is 0 Å². The standard InChI is InChI=1S/C11H11IO4/c1-4-7(10(13)14)5(2)9(12)6(3)8(4)11(15)16/h1-3H3,(H,13,14)(H,15,16). The summed E-state index contributed by atoms with van der Waals surface area (Å²) in [6.45, 7) is 4.91. The van der Waals surface area contributed by atoms with E-state index in [9.17, 15) is 9.59 Å². The first-order chi connectivity index (χ1) is 7.29. The number of hydrogen-bond acceptors (Lipinski definition) is 2. The van der Waals surface area contributed by atoms with Gasteiger partial charge in [0.2, 0.25) is 0 Å². The van der Waals surface area contributed by atoms with E-state index in [2.05, 4.69) is 0 Å². The van der Waals surface area contributed by atoms with Gasteiger partial charge >= 0.3 is 11.9 Å². The molecule has 0 heterocycles. The molecule has 0 aliphatic heterocycles. The van der Waals surface area contributed by atoms with E-state index in [1.54, 1.807) is 13.8 Å². The van der Waals surface area contributed by atoms with Crippen molar-refractivity contribution in [2.45, 2.75) is 20.8 Å². The van der Waals surface area contributed by atoms with Crippen LogP contribution in [0.25, 0.3) is 0 Å². The van der Waals surface area contributed by atoms with Crippen LogP contribution in [-0.2, 0) is 0 Å². The van der Waals surface area contributed by atoms with Crippen LogP contribution < -0.4 is 0 Å². The van der Waals surface area contributed by atoms with Gasteiger partial charge in [-0.15, -0.1) is 0 Å². The van der Waals surface area contributed by atoms with Gasteiger partial charge in [-0.1, -0.05) is 0 Å². The molecule has 5 heteroatoms. The topological polar surface area (TPSA) is 74.6 Å². The number of rotatable bonds is 2. The highest BCUT2D eigenvalue weighted by atomic mass is 127. The van der Waals surface area contributed by atoms with Crippen LogP contribution >= 0.6 is 22.6 Å². The van der Waals surface area contributed by atoms with Crippen molar-refractivity contribution in [2.24, 2.45) is 0 Å². The average Bonchev–Trinajstić information content (AvgIpc) is 2.13. The minimum absolute atomic E-state index is 0.0902. The summed E-state index contributed by atoms with van der Waals surface area (Å²) in [5.41, 5.74) is 1.73. The minimum atomic E-state index is -1.09. The van der Waals surface area contributed by atoms with E-state index in [0.717, 1.165) is 0 Å². The Bertz CT molecular complexity index is 450. The van der Waals surface area contributed by atoms with E-state index in [1.807, 2.05) is 22.6 Å². The van der Waals surface area contributed by atoms with Gasteiger partial charge in [-0.25, -0.2) is 9.59 Å². The quantitative estimate of drug-likeness (QED) is 0.816. The third-order valence-electron chi connectivity index (χ3n) is 2.59. The highest BCUT2D eigenvalue weighted by Gasteiger charge is 2.23. The van der Waals surface area contributed by atoms with E-state index in [1.165, 1.54) is 6.92 Å². The van der Waals surface area contributed by atoms with Gasteiger partial charge in [0, 0.05) is 3.57 Å². The lowest BCUT2D eigenvalue weighted by Crippen LogP contribution is -2.13. The van der Waals surface area contributed by atoms with Crippen LogP contribution in [0.15, 0.2) is 0 Å². The zero-order valence-electron chi connectivity index (χ0n) is 9.09. The molecule has 16 heavy (non-hydrogen) atoms. The molecule has 86 valence electrons. The summed E-state index contributed by atoms with van der Waals surface area (Å²) in [6.07, 6.45) is 0. The van der Waals surface area contributed by atoms with Crippen molar-refractivity contribution in [3.63, 3.8) is 0 Å². The first-order valence-corrected chi connectivity index (χ1v) is 5.62. The Hall–Kier alpha value is -1.11. The summed E-state index contributed by atoms with van der Waals surface area (Å²) in [4.78, 5) is 22.2. The van der Waals surface area contributed by atoms with Crippen LogP contribution in [0.2, 0.25) is 0 Å². The monoisotopic (exact) mass is 334 g/mol. The molecule has 0 bridgehead atoms. The fraction of sp³-hybridized carbons (Fsp3) is 0.273. The molecule has 0 atom stereocenters. The van der Waals surface area contributed by atoms with Crippen molar-refractivity contribution < 1.29 is 19.8 Å². The summed E-state index contributed by atoms with van der Waals surface area (Å²) in [7, 11) is 0. The Balaban J connectivity index is 3.80. The lowest BCUT2D eigenvalue weighted by molar-refractivity contribution is 0.0695. The fourth-order valence-corrected chi connectivity index (χ4v) is 2.37. The third-order valence-corrected chi connectivity index (χ3v) is 4.20. The predicted molar refractivity (Wildman–Crippen MR) is 67.3 cm³/mol. The van der Waals surface area contributed by atoms with Crippen molar-refractivity contribution in [2.75, 3.05) is 0 Å². The normalized spacial score (nSPS) is 10.2. The maximum atomic E-state index is 11.1. The lowest BCUT2D eigenvalue weighted by atomic mass is 9.93. The molecule has 0 aliphatic rings. The first kappa shape index (κ1) is 13.0. The second-order valence-electron chi connectivity index (χ2n) is 3.55. The second-order valence-corrected chi connectivity index (χ2v) is 4.63. The molecule has 0 fully saturated rings. The number of carboxylic acid groups (broad SMARTS) is 2. The predicted octanol–water partition coefficient (Wildman–Crippen LogP) is 2.61. The van der Waals surface area contributed by atoms with E-state index >= 15 is 0 Å². The van der Waals surface area contributed by atoms with Gasteiger partial charge in [0.05, 0.1) is 11.1 Å². The zero-order chi connectivity index (χ0) is 12.6. The number of hydrogen-bond donors (Lipinski definition) is 2. The summed E-state index contributed by atoms with van der Waals surface area (Å²) >= 11 is 1.98. The molecule has 2 N–H and O–H groups in total. The summed E-state index contributed by atoms with van der Waals surface area (Å²) < 4.78 is 0.693. The molecule has 0 aromatic heterocycles. The minimum Gasteiger partial charge on any atom is -0.478 e. The SMILES string of the molecule is Cc1c(I)c(C)c(C(=O)O)c(C)c1C(=O)O. The summed E-state index contributed by atoms with van der Waals surface area (Å²) in [5.74, 6) is -2.18. The molecule has 0 aliphatic carbocycles. The number of aromatic carboxylic acids is 2. The van der Waals surface area contributed by atoms with Gasteiger partial charge in [-0.3, -0.25) is 0 Å². The van der Waals surface area contributed by atoms with Crippen molar-refractivity contribution in [3.05, 3.63) is 31.4 Å². The van der Waals surface area contributed by atoms with Crippen LogP contribution in [0.3, 0.4) is 0 Å². The number of benzene rings is 1. The molecule has 0 unspecified atom stereocenters. The second kappa shape index (κ2) is 4.40. The van der Waals surface area contributed by atoms with Crippen molar-refractivity contribution >= 4 is 34.5 Å². The number of carbonyl (C=O) groups is 2. The molecule has 0 saturated carbocycles. The highest BCUT2D eigenvalue weighted by Crippen LogP contribution is 2.28. The summed E-state index contributed by atoms with van der Waals surface area (Å²) in [5, 5.41) is 18.1. The van der Waals surface area contributed by atoms with Crippen molar-refractivity contribution in [1.29, 1.82) is 0 Å². The smallest absolute Gasteiger partial charge is 0.336 e. The average molecular weight is 334 g/mol. The molecule has 4 nitrogen and oxygen atoms in total. The molecule has 0 saturated heterocycles. The van der Waals surface area contributed by atoms with Gasteiger partial charge in [-0.2, -0.15) is 0 Å². The zero-order valence-corrected chi connectivity index (χ0v) is 11.2. The van der Waals surface area contributed by atoms with Gasteiger partial charge in [0.1, 0.15) is 0 Å². The highest BCUT2D eigenvalue weighted by molar-refractivity contribution is 14.1. The Morgan fingerprint density at radius 1 is 0.875 bits per heavy atom. The molecule has 0 amide bonds.